The molecule has 1 aliphatic rings. The van der Waals surface area contributed by atoms with Gasteiger partial charge < -0.3 is 16.4 Å². The number of anilines is 1. The highest BCUT2D eigenvalue weighted by molar-refractivity contribution is 9.10. The lowest BCUT2D eigenvalue weighted by atomic mass is 10.1. The van der Waals surface area contributed by atoms with Gasteiger partial charge in [0.1, 0.15) is 4.88 Å². The molecular formula is C14H16BrN3OS. The Morgan fingerprint density at radius 1 is 1.40 bits per heavy atom. The van der Waals surface area contributed by atoms with E-state index in [1.54, 1.807) is 0 Å². The van der Waals surface area contributed by atoms with Crippen molar-refractivity contribution in [2.45, 2.75) is 18.9 Å². The molecule has 6 heteroatoms. The molecular weight excluding hydrogens is 338 g/mol. The molecule has 1 fully saturated rings. The maximum atomic E-state index is 12.4. The molecule has 1 aliphatic heterocycles. The highest BCUT2D eigenvalue weighted by Crippen LogP contribution is 2.35. The number of rotatable bonds is 2. The van der Waals surface area contributed by atoms with Crippen molar-refractivity contribution in [1.29, 1.82) is 0 Å². The van der Waals surface area contributed by atoms with Crippen LogP contribution in [0, 0.1) is 0 Å². The van der Waals surface area contributed by atoms with Crippen LogP contribution in [-0.4, -0.2) is 25.0 Å². The van der Waals surface area contributed by atoms with Crippen LogP contribution in [-0.2, 0) is 0 Å². The van der Waals surface area contributed by atoms with Crippen LogP contribution in [0.2, 0.25) is 0 Å². The third-order valence-corrected chi connectivity index (χ3v) is 5.25. The first-order valence-corrected chi connectivity index (χ1v) is 8.25. The van der Waals surface area contributed by atoms with Gasteiger partial charge in [0.15, 0.2) is 0 Å². The monoisotopic (exact) mass is 353 g/mol. The lowest BCUT2D eigenvalue weighted by molar-refractivity contribution is 0.0934. The van der Waals surface area contributed by atoms with Gasteiger partial charge in [0.25, 0.3) is 5.91 Å². The van der Waals surface area contributed by atoms with E-state index >= 15 is 0 Å². The second kappa shape index (κ2) is 5.71. The van der Waals surface area contributed by atoms with Crippen LogP contribution in [0.15, 0.2) is 22.7 Å². The predicted octanol–water partition coefficient (Wildman–Crippen LogP) is 2.73. The zero-order valence-electron chi connectivity index (χ0n) is 10.9. The van der Waals surface area contributed by atoms with Crippen LogP contribution in [0.4, 0.5) is 5.69 Å². The van der Waals surface area contributed by atoms with Gasteiger partial charge in [-0.05, 0) is 44.1 Å². The van der Waals surface area contributed by atoms with E-state index in [1.165, 1.54) is 11.3 Å². The average Bonchev–Trinajstić information content (AvgIpc) is 2.77. The van der Waals surface area contributed by atoms with Crippen LogP contribution in [0.3, 0.4) is 0 Å². The number of benzene rings is 1. The van der Waals surface area contributed by atoms with Crippen LogP contribution in [0.25, 0.3) is 10.1 Å². The molecule has 3 rings (SSSR count). The summed E-state index contributed by atoms with van der Waals surface area (Å²) >= 11 is 4.89. The molecule has 0 saturated carbocycles. The number of amides is 1. The average molecular weight is 354 g/mol. The lowest BCUT2D eigenvalue weighted by Crippen LogP contribution is -2.42. The third-order valence-electron chi connectivity index (χ3n) is 3.57. The molecule has 0 aliphatic carbocycles. The van der Waals surface area contributed by atoms with E-state index in [0.717, 1.165) is 40.5 Å². The molecule has 0 radical (unpaired) electrons. The highest BCUT2D eigenvalue weighted by Gasteiger charge is 2.20. The molecule has 2 heterocycles. The Bertz CT molecular complexity index is 649. The van der Waals surface area contributed by atoms with Crippen LogP contribution in [0.1, 0.15) is 22.5 Å². The van der Waals surface area contributed by atoms with Gasteiger partial charge in [0.05, 0.1) is 5.69 Å². The van der Waals surface area contributed by atoms with Crippen LogP contribution in [0.5, 0.6) is 0 Å². The fraction of sp³-hybridized carbons (Fsp3) is 0.357. The predicted molar refractivity (Wildman–Crippen MR) is 87.3 cm³/mol. The smallest absolute Gasteiger partial charge is 0.263 e. The summed E-state index contributed by atoms with van der Waals surface area (Å²) in [5, 5.41) is 7.32. The van der Waals surface area contributed by atoms with Crippen molar-refractivity contribution in [2.24, 2.45) is 0 Å². The molecule has 0 bridgehead atoms. The quantitative estimate of drug-likeness (QED) is 0.777. The first-order valence-electron chi connectivity index (χ1n) is 6.64. The van der Waals surface area contributed by atoms with Crippen molar-refractivity contribution in [3.63, 3.8) is 0 Å². The number of fused-ring (bicyclic) bond motifs is 1. The summed E-state index contributed by atoms with van der Waals surface area (Å²) in [6, 6.07) is 6.16. The van der Waals surface area contributed by atoms with Gasteiger partial charge in [-0.2, -0.15) is 0 Å². The second-order valence-electron chi connectivity index (χ2n) is 4.98. The molecule has 1 amide bonds. The summed E-state index contributed by atoms with van der Waals surface area (Å²) in [6.07, 6.45) is 1.95. The Morgan fingerprint density at radius 2 is 2.15 bits per heavy atom. The molecule has 0 spiro atoms. The number of carbonyl (C=O) groups is 1. The number of hydrogen-bond acceptors (Lipinski definition) is 4. The summed E-state index contributed by atoms with van der Waals surface area (Å²) in [6.45, 7) is 1.92. The molecule has 0 atom stereocenters. The number of hydrogen-bond donors (Lipinski definition) is 3. The molecule has 1 aromatic heterocycles. The fourth-order valence-corrected chi connectivity index (χ4v) is 3.84. The number of nitrogen functional groups attached to an aromatic ring is 1. The van der Waals surface area contributed by atoms with Crippen molar-refractivity contribution in [3.05, 3.63) is 27.5 Å². The van der Waals surface area contributed by atoms with E-state index in [-0.39, 0.29) is 11.9 Å². The minimum absolute atomic E-state index is 0.0493. The Labute approximate surface area is 129 Å². The summed E-state index contributed by atoms with van der Waals surface area (Å²) < 4.78 is 2.01. The first-order chi connectivity index (χ1) is 9.65. The van der Waals surface area contributed by atoms with Crippen molar-refractivity contribution < 1.29 is 4.79 Å². The minimum atomic E-state index is -0.0493. The molecule has 106 valence electrons. The number of thiophene rings is 1. The summed E-state index contributed by atoms with van der Waals surface area (Å²) in [7, 11) is 0. The molecule has 4 nitrogen and oxygen atoms in total. The topological polar surface area (TPSA) is 67.2 Å². The lowest BCUT2D eigenvalue weighted by Gasteiger charge is -2.23. The van der Waals surface area contributed by atoms with Crippen LogP contribution < -0.4 is 16.4 Å². The van der Waals surface area contributed by atoms with Gasteiger partial charge in [-0.15, -0.1) is 11.3 Å². The molecule has 4 N–H and O–H groups in total. The van der Waals surface area contributed by atoms with Crippen molar-refractivity contribution in [1.82, 2.24) is 10.6 Å². The highest BCUT2D eigenvalue weighted by atomic mass is 79.9. The maximum absolute atomic E-state index is 12.4. The third kappa shape index (κ3) is 2.68. The van der Waals surface area contributed by atoms with Gasteiger partial charge >= 0.3 is 0 Å². The number of nitrogens with two attached hydrogens (primary N) is 1. The Kier molecular flexibility index (Phi) is 3.96. The van der Waals surface area contributed by atoms with Crippen molar-refractivity contribution in [3.8, 4) is 0 Å². The molecule has 1 saturated heterocycles. The number of halogens is 1. The standard InChI is InChI=1S/C14H16BrN3OS/c15-8-1-2-11-10(7-8)12(16)13(20-11)14(19)18-9-3-5-17-6-4-9/h1-2,7,9,17H,3-6,16H2,(H,18,19). The molecule has 2 aromatic rings. The van der Waals surface area contributed by atoms with E-state index in [2.05, 4.69) is 26.6 Å². The fourth-order valence-electron chi connectivity index (χ4n) is 2.47. The van der Waals surface area contributed by atoms with Crippen LogP contribution >= 0.6 is 27.3 Å². The van der Waals surface area contributed by atoms with Gasteiger partial charge in [-0.1, -0.05) is 15.9 Å². The van der Waals surface area contributed by atoms with Crippen molar-refractivity contribution in [2.75, 3.05) is 18.8 Å². The summed E-state index contributed by atoms with van der Waals surface area (Å²) in [5.41, 5.74) is 6.71. The van der Waals surface area contributed by atoms with E-state index < -0.39 is 0 Å². The van der Waals surface area contributed by atoms with E-state index in [4.69, 9.17) is 5.73 Å². The Morgan fingerprint density at radius 3 is 2.90 bits per heavy atom. The second-order valence-corrected chi connectivity index (χ2v) is 6.95. The van der Waals surface area contributed by atoms with E-state index in [1.807, 2.05) is 18.2 Å². The molecule has 0 unspecified atom stereocenters. The summed E-state index contributed by atoms with van der Waals surface area (Å²) in [4.78, 5) is 13.0. The first kappa shape index (κ1) is 13.9. The molecule has 20 heavy (non-hydrogen) atoms. The van der Waals surface area contributed by atoms with Crippen molar-refractivity contribution >= 4 is 48.9 Å². The minimum Gasteiger partial charge on any atom is -0.397 e. The van der Waals surface area contributed by atoms with E-state index in [0.29, 0.717) is 10.6 Å². The zero-order chi connectivity index (χ0) is 14.1. The SMILES string of the molecule is Nc1c(C(=O)NC2CCNCC2)sc2ccc(Br)cc12. The van der Waals surface area contributed by atoms with E-state index in [9.17, 15) is 4.79 Å². The maximum Gasteiger partial charge on any atom is 0.263 e. The number of piperidine rings is 1. The largest absolute Gasteiger partial charge is 0.397 e. The number of carbonyl (C=O) groups excluding carboxylic acids is 1. The van der Waals surface area contributed by atoms with Gasteiger partial charge in [0.2, 0.25) is 0 Å². The summed E-state index contributed by atoms with van der Waals surface area (Å²) in [5.74, 6) is -0.0493. The molecule has 1 aromatic carbocycles. The number of nitrogens with one attached hydrogen (secondary N) is 2. The van der Waals surface area contributed by atoms with Gasteiger partial charge in [-0.25, -0.2) is 0 Å². The zero-order valence-corrected chi connectivity index (χ0v) is 13.3. The van der Waals surface area contributed by atoms with Gasteiger partial charge in [-0.3, -0.25) is 4.79 Å². The Balaban J connectivity index is 1.85. The normalized spacial score (nSPS) is 16.4. The van der Waals surface area contributed by atoms with Gasteiger partial charge in [0, 0.05) is 20.6 Å². The Hall–Kier alpha value is -1.11.